The molecule has 18 heavy (non-hydrogen) atoms. The predicted octanol–water partition coefficient (Wildman–Crippen LogP) is 0.0793. The Morgan fingerprint density at radius 2 is 2.06 bits per heavy atom. The molecule has 0 saturated heterocycles. The molecule has 3 rings (SSSR count). The molecule has 1 atom stereocenters. The van der Waals surface area contributed by atoms with Crippen LogP contribution in [0.2, 0.25) is 0 Å². The van der Waals surface area contributed by atoms with Crippen molar-refractivity contribution in [3.63, 3.8) is 0 Å². The van der Waals surface area contributed by atoms with Crippen molar-refractivity contribution >= 4 is 34.8 Å². The Morgan fingerprint density at radius 1 is 1.28 bits per heavy atom. The zero-order chi connectivity index (χ0) is 12.7. The van der Waals surface area contributed by atoms with Crippen LogP contribution in [0.25, 0.3) is 23.1 Å². The van der Waals surface area contributed by atoms with Gasteiger partial charge in [0.1, 0.15) is 5.92 Å². The van der Waals surface area contributed by atoms with Crippen molar-refractivity contribution in [3.05, 3.63) is 40.9 Å². The molecule has 0 radical (unpaired) electrons. The highest BCUT2D eigenvalue weighted by Gasteiger charge is 2.24. The molecule has 1 unspecified atom stereocenters. The molecule has 0 fully saturated rings. The molecule has 1 heterocycles. The summed E-state index contributed by atoms with van der Waals surface area (Å²) in [5.74, 6) is -2.66. The molecular formula is C14H9NO3. The molecule has 1 aromatic carbocycles. The van der Waals surface area contributed by atoms with Gasteiger partial charge in [0.25, 0.3) is 0 Å². The fourth-order valence-electron chi connectivity index (χ4n) is 2.08. The summed E-state index contributed by atoms with van der Waals surface area (Å²) < 4.78 is 0. The number of aliphatic carboxylic acids is 1. The predicted molar refractivity (Wildman–Crippen MR) is 66.1 cm³/mol. The van der Waals surface area contributed by atoms with Gasteiger partial charge in [-0.1, -0.05) is 24.3 Å². The van der Waals surface area contributed by atoms with E-state index in [1.54, 1.807) is 0 Å². The molecule has 0 aliphatic heterocycles. The highest BCUT2D eigenvalue weighted by Crippen LogP contribution is 2.08. The number of pyridine rings is 1. The number of Topliss-reactive ketones (excluding diaryl/α,β-unsaturated/α-hetero) is 1. The first kappa shape index (κ1) is 10.7. The van der Waals surface area contributed by atoms with E-state index in [-0.39, 0.29) is 0 Å². The summed E-state index contributed by atoms with van der Waals surface area (Å²) in [5.41, 5.74) is 0.794. The second-order valence-corrected chi connectivity index (χ2v) is 4.18. The zero-order valence-electron chi connectivity index (χ0n) is 9.33. The molecule has 4 heteroatoms. The second-order valence-electron chi connectivity index (χ2n) is 4.18. The molecule has 0 saturated carbocycles. The molecule has 0 bridgehead atoms. The number of hydrogen-bond acceptors (Lipinski definition) is 3. The number of ketones is 1. The highest BCUT2D eigenvalue weighted by atomic mass is 16.4. The number of carboxylic acid groups (broad SMARTS) is 1. The van der Waals surface area contributed by atoms with Crippen molar-refractivity contribution < 1.29 is 14.7 Å². The van der Waals surface area contributed by atoms with Gasteiger partial charge in [-0.15, -0.1) is 0 Å². The fraction of sp³-hybridized carbons (Fsp3) is 0.0714. The maximum atomic E-state index is 11.6. The summed E-state index contributed by atoms with van der Waals surface area (Å²) in [5, 5.41) is 11.1. The van der Waals surface area contributed by atoms with Crippen molar-refractivity contribution in [2.75, 3.05) is 0 Å². The number of hydrogen-bond donors (Lipinski definition) is 1. The lowest BCUT2D eigenvalue weighted by Gasteiger charge is -2.08. The molecule has 88 valence electrons. The van der Waals surface area contributed by atoms with E-state index in [1.807, 2.05) is 30.3 Å². The van der Waals surface area contributed by atoms with E-state index in [1.165, 1.54) is 12.2 Å². The Kier molecular flexibility index (Phi) is 2.23. The van der Waals surface area contributed by atoms with Crippen LogP contribution in [0.3, 0.4) is 0 Å². The third kappa shape index (κ3) is 1.59. The van der Waals surface area contributed by atoms with Gasteiger partial charge < -0.3 is 5.11 Å². The lowest BCUT2D eigenvalue weighted by molar-refractivity contribution is -0.142. The largest absolute Gasteiger partial charge is 0.480 e. The molecule has 1 N–H and O–H groups in total. The van der Waals surface area contributed by atoms with Crippen LogP contribution in [0.15, 0.2) is 30.3 Å². The lowest BCUT2D eigenvalue weighted by Crippen LogP contribution is -2.37. The molecule has 1 aromatic heterocycles. The van der Waals surface area contributed by atoms with Crippen LogP contribution in [0, 0.1) is 5.92 Å². The third-order valence-corrected chi connectivity index (χ3v) is 2.98. The Bertz CT molecular complexity index is 792. The summed E-state index contributed by atoms with van der Waals surface area (Å²) in [6.07, 6.45) is 2.76. The molecular weight excluding hydrogens is 230 g/mol. The molecule has 0 spiro atoms. The van der Waals surface area contributed by atoms with E-state index >= 15 is 0 Å². The van der Waals surface area contributed by atoms with Crippen LogP contribution in [-0.4, -0.2) is 21.8 Å². The van der Waals surface area contributed by atoms with Gasteiger partial charge in [-0.2, -0.15) is 0 Å². The van der Waals surface area contributed by atoms with Gasteiger partial charge in [0.2, 0.25) is 0 Å². The lowest BCUT2D eigenvalue weighted by atomic mass is 9.97. The van der Waals surface area contributed by atoms with Crippen LogP contribution in [-0.2, 0) is 9.59 Å². The smallest absolute Gasteiger partial charge is 0.318 e. The topological polar surface area (TPSA) is 67.3 Å². The van der Waals surface area contributed by atoms with Gasteiger partial charge >= 0.3 is 5.97 Å². The van der Waals surface area contributed by atoms with Crippen molar-refractivity contribution in [3.8, 4) is 0 Å². The zero-order valence-corrected chi connectivity index (χ0v) is 9.33. The van der Waals surface area contributed by atoms with E-state index in [9.17, 15) is 9.59 Å². The number of carboxylic acids is 1. The molecule has 2 aromatic rings. The number of benzene rings is 1. The molecule has 1 aliphatic rings. The summed E-state index contributed by atoms with van der Waals surface area (Å²) in [6, 6.07) is 9.38. The van der Waals surface area contributed by atoms with Crippen LogP contribution in [0.1, 0.15) is 0 Å². The normalized spacial score (nSPS) is 17.8. The molecule has 4 nitrogen and oxygen atoms in total. The number of fused-ring (bicyclic) bond motifs is 2. The van der Waals surface area contributed by atoms with E-state index in [0.29, 0.717) is 10.6 Å². The Hall–Kier alpha value is -2.49. The number of nitrogens with zero attached hydrogens (tertiary/aromatic N) is 1. The summed E-state index contributed by atoms with van der Waals surface area (Å²) in [6.45, 7) is 0. The summed E-state index contributed by atoms with van der Waals surface area (Å²) >= 11 is 0. The average molecular weight is 239 g/mol. The number of para-hydroxylation sites is 1. The van der Waals surface area contributed by atoms with E-state index in [4.69, 9.17) is 5.11 Å². The van der Waals surface area contributed by atoms with Crippen molar-refractivity contribution in [1.29, 1.82) is 0 Å². The Labute approximate surface area is 102 Å². The van der Waals surface area contributed by atoms with Gasteiger partial charge in [-0.25, -0.2) is 4.98 Å². The first-order valence-corrected chi connectivity index (χ1v) is 5.51. The SMILES string of the molecule is O=C(O)C1C=c2cc3ccccc3nc2=CC1=O. The quantitative estimate of drug-likeness (QED) is 0.716. The summed E-state index contributed by atoms with van der Waals surface area (Å²) in [7, 11) is 0. The van der Waals surface area contributed by atoms with Crippen molar-refractivity contribution in [1.82, 2.24) is 4.98 Å². The maximum absolute atomic E-state index is 11.6. The van der Waals surface area contributed by atoms with E-state index in [0.717, 1.165) is 10.9 Å². The molecule has 1 aliphatic carbocycles. The van der Waals surface area contributed by atoms with Crippen molar-refractivity contribution in [2.24, 2.45) is 5.92 Å². The molecule has 0 amide bonds. The minimum absolute atomic E-state index is 0.433. The van der Waals surface area contributed by atoms with Gasteiger partial charge in [0, 0.05) is 11.5 Å². The fourth-order valence-corrected chi connectivity index (χ4v) is 2.08. The van der Waals surface area contributed by atoms with E-state index < -0.39 is 17.7 Å². The first-order valence-electron chi connectivity index (χ1n) is 5.51. The van der Waals surface area contributed by atoms with Gasteiger partial charge in [0.05, 0.1) is 10.9 Å². The second kappa shape index (κ2) is 3.77. The number of carbonyl (C=O) groups is 2. The first-order chi connectivity index (χ1) is 8.65. The Morgan fingerprint density at radius 3 is 2.83 bits per heavy atom. The van der Waals surface area contributed by atoms with Crippen molar-refractivity contribution in [2.45, 2.75) is 0 Å². The minimum atomic E-state index is -1.13. The van der Waals surface area contributed by atoms with Crippen LogP contribution >= 0.6 is 0 Å². The average Bonchev–Trinajstić information content (AvgIpc) is 2.35. The van der Waals surface area contributed by atoms with E-state index in [2.05, 4.69) is 4.98 Å². The number of rotatable bonds is 1. The minimum Gasteiger partial charge on any atom is -0.480 e. The summed E-state index contributed by atoms with van der Waals surface area (Å²) in [4.78, 5) is 26.9. The number of carbonyl (C=O) groups excluding carboxylic acids is 1. The highest BCUT2D eigenvalue weighted by molar-refractivity contribution is 6.19. The number of aromatic nitrogens is 1. The van der Waals surface area contributed by atoms with Crippen LogP contribution in [0.5, 0.6) is 0 Å². The van der Waals surface area contributed by atoms with Crippen LogP contribution < -0.4 is 10.6 Å². The third-order valence-electron chi connectivity index (χ3n) is 2.98. The van der Waals surface area contributed by atoms with Crippen LogP contribution in [0.4, 0.5) is 0 Å². The van der Waals surface area contributed by atoms with Gasteiger partial charge in [-0.3, -0.25) is 9.59 Å². The monoisotopic (exact) mass is 239 g/mol. The standard InChI is InChI=1S/C14H9NO3/c16-13-7-12-9(6-10(13)14(17)18)5-8-3-1-2-4-11(8)15-12/h1-7,10H,(H,17,18). The maximum Gasteiger partial charge on any atom is 0.318 e. The van der Waals surface area contributed by atoms with Gasteiger partial charge in [0.15, 0.2) is 5.78 Å². The Balaban J connectivity index is 2.35. The van der Waals surface area contributed by atoms with Gasteiger partial charge in [-0.05, 0) is 17.4 Å².